The van der Waals surface area contributed by atoms with Gasteiger partial charge in [-0.2, -0.15) is 0 Å². The molecule has 0 aliphatic rings. The third kappa shape index (κ3) is 3.05. The maximum Gasteiger partial charge on any atom is 0.124 e. The van der Waals surface area contributed by atoms with Crippen molar-refractivity contribution in [3.05, 3.63) is 39.4 Å². The van der Waals surface area contributed by atoms with E-state index in [2.05, 4.69) is 16.5 Å². The Kier molecular flexibility index (Phi) is 4.74. The molecule has 0 amide bonds. The number of ether oxygens (including phenoxy) is 1. The SMILES string of the molecule is CCCc1nnsc1C(N)c1cc(Cl)ccc1OC. The van der Waals surface area contributed by atoms with Gasteiger partial charge in [0, 0.05) is 10.6 Å². The maximum atomic E-state index is 6.33. The van der Waals surface area contributed by atoms with Gasteiger partial charge in [-0.15, -0.1) is 5.10 Å². The van der Waals surface area contributed by atoms with Gasteiger partial charge in [0.25, 0.3) is 0 Å². The zero-order valence-electron chi connectivity index (χ0n) is 10.9. The van der Waals surface area contributed by atoms with E-state index in [1.165, 1.54) is 11.5 Å². The molecule has 0 aliphatic heterocycles. The highest BCUT2D eigenvalue weighted by molar-refractivity contribution is 7.05. The van der Waals surface area contributed by atoms with Crippen LogP contribution in [0.3, 0.4) is 0 Å². The van der Waals surface area contributed by atoms with Crippen molar-refractivity contribution in [1.29, 1.82) is 0 Å². The van der Waals surface area contributed by atoms with Gasteiger partial charge in [-0.3, -0.25) is 0 Å². The van der Waals surface area contributed by atoms with Crippen molar-refractivity contribution in [3.63, 3.8) is 0 Å². The Bertz CT molecular complexity index is 559. The first kappa shape index (κ1) is 14.2. The molecule has 2 N–H and O–H groups in total. The summed E-state index contributed by atoms with van der Waals surface area (Å²) in [6.45, 7) is 2.11. The second-order valence-corrected chi connectivity index (χ2v) is 5.42. The number of hydrogen-bond acceptors (Lipinski definition) is 5. The number of hydrogen-bond donors (Lipinski definition) is 1. The Hall–Kier alpha value is -1.17. The summed E-state index contributed by atoms with van der Waals surface area (Å²) >= 11 is 7.37. The maximum absolute atomic E-state index is 6.33. The molecule has 2 aromatic rings. The molecule has 1 aromatic carbocycles. The van der Waals surface area contributed by atoms with Crippen LogP contribution in [0.1, 0.15) is 35.5 Å². The lowest BCUT2D eigenvalue weighted by molar-refractivity contribution is 0.408. The molecular formula is C13H16ClN3OS. The van der Waals surface area contributed by atoms with Crippen molar-refractivity contribution < 1.29 is 4.74 Å². The average Bonchev–Trinajstić information content (AvgIpc) is 2.86. The zero-order valence-corrected chi connectivity index (χ0v) is 12.5. The second-order valence-electron chi connectivity index (χ2n) is 4.20. The smallest absolute Gasteiger partial charge is 0.124 e. The summed E-state index contributed by atoms with van der Waals surface area (Å²) < 4.78 is 9.35. The normalized spacial score (nSPS) is 12.4. The van der Waals surface area contributed by atoms with E-state index in [9.17, 15) is 0 Å². The van der Waals surface area contributed by atoms with Crippen LogP contribution in [-0.4, -0.2) is 16.7 Å². The number of methoxy groups -OCH3 is 1. The molecule has 0 fully saturated rings. The van der Waals surface area contributed by atoms with Gasteiger partial charge < -0.3 is 10.5 Å². The zero-order chi connectivity index (χ0) is 13.8. The largest absolute Gasteiger partial charge is 0.496 e. The highest BCUT2D eigenvalue weighted by Crippen LogP contribution is 2.33. The lowest BCUT2D eigenvalue weighted by Gasteiger charge is -2.15. The molecule has 0 aliphatic carbocycles. The summed E-state index contributed by atoms with van der Waals surface area (Å²) in [5, 5.41) is 4.78. The quantitative estimate of drug-likeness (QED) is 0.920. The first-order valence-corrected chi connectivity index (χ1v) is 7.22. The van der Waals surface area contributed by atoms with E-state index in [4.69, 9.17) is 22.1 Å². The molecule has 102 valence electrons. The van der Waals surface area contributed by atoms with Crippen LogP contribution in [0.25, 0.3) is 0 Å². The fourth-order valence-corrected chi connectivity index (χ4v) is 2.85. The van der Waals surface area contributed by atoms with Crippen LogP contribution in [0.15, 0.2) is 18.2 Å². The molecule has 1 unspecified atom stereocenters. The van der Waals surface area contributed by atoms with Gasteiger partial charge in [0.1, 0.15) is 5.75 Å². The molecule has 0 bridgehead atoms. The van der Waals surface area contributed by atoms with Crippen LogP contribution in [0.5, 0.6) is 5.75 Å². The fraction of sp³-hybridized carbons (Fsp3) is 0.385. The van der Waals surface area contributed by atoms with Gasteiger partial charge >= 0.3 is 0 Å². The summed E-state index contributed by atoms with van der Waals surface area (Å²) in [5.74, 6) is 0.729. The molecule has 0 radical (unpaired) electrons. The summed E-state index contributed by atoms with van der Waals surface area (Å²) in [5.41, 5.74) is 8.15. The van der Waals surface area contributed by atoms with E-state index >= 15 is 0 Å². The Labute approximate surface area is 121 Å². The van der Waals surface area contributed by atoms with E-state index < -0.39 is 0 Å². The molecule has 1 heterocycles. The molecule has 19 heavy (non-hydrogen) atoms. The number of aryl methyl sites for hydroxylation is 1. The molecule has 0 saturated carbocycles. The van der Waals surface area contributed by atoms with Crippen LogP contribution in [0, 0.1) is 0 Å². The lowest BCUT2D eigenvalue weighted by Crippen LogP contribution is -2.13. The van der Waals surface area contributed by atoms with Crippen molar-refractivity contribution in [2.45, 2.75) is 25.8 Å². The first-order chi connectivity index (χ1) is 9.17. The van der Waals surface area contributed by atoms with Gasteiger partial charge in [0.15, 0.2) is 0 Å². The van der Waals surface area contributed by atoms with E-state index in [-0.39, 0.29) is 6.04 Å². The van der Waals surface area contributed by atoms with Gasteiger partial charge in [0.05, 0.1) is 23.7 Å². The van der Waals surface area contributed by atoms with E-state index in [0.29, 0.717) is 5.02 Å². The predicted octanol–water partition coefficient (Wildman–Crippen LogP) is 3.20. The monoisotopic (exact) mass is 297 g/mol. The molecule has 2 rings (SSSR count). The lowest BCUT2D eigenvalue weighted by atomic mass is 10.0. The Balaban J connectivity index is 2.40. The Morgan fingerprint density at radius 1 is 1.47 bits per heavy atom. The summed E-state index contributed by atoms with van der Waals surface area (Å²) in [6.07, 6.45) is 1.89. The number of nitrogens with two attached hydrogens (primary N) is 1. The molecule has 1 atom stereocenters. The summed E-state index contributed by atoms with van der Waals surface area (Å²) in [6, 6.07) is 5.13. The van der Waals surface area contributed by atoms with Crippen molar-refractivity contribution in [3.8, 4) is 5.75 Å². The van der Waals surface area contributed by atoms with Gasteiger partial charge in [-0.1, -0.05) is 29.4 Å². The molecule has 0 saturated heterocycles. The minimum absolute atomic E-state index is 0.310. The summed E-state index contributed by atoms with van der Waals surface area (Å²) in [7, 11) is 1.62. The van der Waals surface area contributed by atoms with Crippen molar-refractivity contribution in [2.75, 3.05) is 7.11 Å². The molecule has 0 spiro atoms. The number of benzene rings is 1. The fourth-order valence-electron chi connectivity index (χ4n) is 1.95. The van der Waals surface area contributed by atoms with Gasteiger partial charge in [-0.05, 0) is 36.2 Å². The molecular weight excluding hydrogens is 282 g/mol. The van der Waals surface area contributed by atoms with Gasteiger partial charge in [-0.25, -0.2) is 0 Å². The standard InChI is InChI=1S/C13H16ClN3OS/c1-3-4-10-13(19-17-16-10)12(15)9-7-8(14)5-6-11(9)18-2/h5-7,12H,3-4,15H2,1-2H3. The molecule has 6 heteroatoms. The number of aromatic nitrogens is 2. The van der Waals surface area contributed by atoms with Crippen molar-refractivity contribution in [1.82, 2.24) is 9.59 Å². The molecule has 4 nitrogen and oxygen atoms in total. The topological polar surface area (TPSA) is 61.0 Å². The number of rotatable bonds is 5. The number of halogens is 1. The van der Waals surface area contributed by atoms with Crippen LogP contribution in [0.4, 0.5) is 0 Å². The predicted molar refractivity (Wildman–Crippen MR) is 77.9 cm³/mol. The molecule has 1 aromatic heterocycles. The first-order valence-electron chi connectivity index (χ1n) is 6.07. The van der Waals surface area contributed by atoms with E-state index in [0.717, 1.165) is 34.7 Å². The third-order valence-corrected chi connectivity index (χ3v) is 3.97. The highest BCUT2D eigenvalue weighted by atomic mass is 35.5. The van der Waals surface area contributed by atoms with E-state index in [1.807, 2.05) is 12.1 Å². The Morgan fingerprint density at radius 2 is 2.26 bits per heavy atom. The highest BCUT2D eigenvalue weighted by Gasteiger charge is 2.20. The van der Waals surface area contributed by atoms with Crippen molar-refractivity contribution in [2.24, 2.45) is 5.73 Å². The van der Waals surface area contributed by atoms with Gasteiger partial charge in [0.2, 0.25) is 0 Å². The average molecular weight is 298 g/mol. The third-order valence-electron chi connectivity index (χ3n) is 2.88. The van der Waals surface area contributed by atoms with Crippen LogP contribution >= 0.6 is 23.1 Å². The van der Waals surface area contributed by atoms with Crippen LogP contribution in [0.2, 0.25) is 5.02 Å². The van der Waals surface area contributed by atoms with E-state index in [1.54, 1.807) is 13.2 Å². The summed E-state index contributed by atoms with van der Waals surface area (Å²) in [4.78, 5) is 0.974. The van der Waals surface area contributed by atoms with Crippen molar-refractivity contribution >= 4 is 23.1 Å². The second kappa shape index (κ2) is 6.32. The van der Waals surface area contributed by atoms with Crippen LogP contribution in [-0.2, 0) is 6.42 Å². The minimum Gasteiger partial charge on any atom is -0.496 e. The minimum atomic E-state index is -0.310. The Morgan fingerprint density at radius 3 is 2.95 bits per heavy atom. The number of nitrogens with zero attached hydrogens (tertiary/aromatic N) is 2. The van der Waals surface area contributed by atoms with Crippen LogP contribution < -0.4 is 10.5 Å².